The summed E-state index contributed by atoms with van der Waals surface area (Å²) in [6, 6.07) is 7.41. The van der Waals surface area contributed by atoms with E-state index in [1.165, 1.54) is 17.3 Å². The molecular formula is C20H27F2N5O2. The van der Waals surface area contributed by atoms with Crippen LogP contribution in [-0.2, 0) is 16.1 Å². The van der Waals surface area contributed by atoms with Crippen molar-refractivity contribution < 1.29 is 18.4 Å². The quantitative estimate of drug-likeness (QED) is 0.658. The molecule has 0 saturated heterocycles. The fraction of sp³-hybridized carbons (Fsp3) is 0.450. The van der Waals surface area contributed by atoms with E-state index in [0.29, 0.717) is 18.7 Å². The minimum absolute atomic E-state index is 0.00621. The number of benzene rings is 1. The van der Waals surface area contributed by atoms with Gasteiger partial charge in [0.25, 0.3) is 0 Å². The van der Waals surface area contributed by atoms with Crippen LogP contribution >= 0.6 is 0 Å². The largest absolute Gasteiger partial charge is 0.332 e. The van der Waals surface area contributed by atoms with Crippen LogP contribution in [0.15, 0.2) is 36.7 Å². The van der Waals surface area contributed by atoms with Crippen LogP contribution in [0.3, 0.4) is 0 Å². The third-order valence-corrected chi connectivity index (χ3v) is 4.38. The fourth-order valence-corrected chi connectivity index (χ4v) is 2.91. The van der Waals surface area contributed by atoms with E-state index in [9.17, 15) is 18.4 Å². The predicted octanol–water partition coefficient (Wildman–Crippen LogP) is 2.90. The number of carbonyl (C=O) groups excluding carboxylic acids is 2. The molecule has 0 radical (unpaired) electrons. The molecule has 0 bridgehead atoms. The van der Waals surface area contributed by atoms with E-state index in [-0.39, 0.29) is 37.3 Å². The molecule has 9 heteroatoms. The number of aryl methyl sites for hydroxylation is 1. The second-order valence-electron chi connectivity index (χ2n) is 6.88. The molecule has 1 aromatic carbocycles. The minimum Gasteiger partial charge on any atom is -0.332 e. The van der Waals surface area contributed by atoms with E-state index in [2.05, 4.69) is 10.3 Å². The van der Waals surface area contributed by atoms with Crippen molar-refractivity contribution in [3.05, 3.63) is 48.0 Å². The van der Waals surface area contributed by atoms with E-state index in [0.717, 1.165) is 10.1 Å². The van der Waals surface area contributed by atoms with Crippen LogP contribution in [0.5, 0.6) is 0 Å². The molecule has 2 aromatic rings. The number of hydrogen-bond acceptors (Lipinski definition) is 4. The first-order chi connectivity index (χ1) is 13.8. The summed E-state index contributed by atoms with van der Waals surface area (Å²) in [5.74, 6) is -0.351. The zero-order valence-electron chi connectivity index (χ0n) is 16.9. The van der Waals surface area contributed by atoms with Crippen molar-refractivity contribution in [1.29, 1.82) is 0 Å². The number of likely N-dealkylation sites (N-methyl/N-ethyl adjacent to an activating group) is 1. The van der Waals surface area contributed by atoms with Gasteiger partial charge in [-0.1, -0.05) is 25.1 Å². The second-order valence-corrected chi connectivity index (χ2v) is 6.88. The Morgan fingerprint density at radius 1 is 1.24 bits per heavy atom. The molecule has 1 N–H and O–H groups in total. The maximum absolute atomic E-state index is 12.9. The summed E-state index contributed by atoms with van der Waals surface area (Å²) in [6.45, 7) is 1.58. The zero-order valence-corrected chi connectivity index (χ0v) is 16.9. The molecule has 29 heavy (non-hydrogen) atoms. The molecule has 0 aliphatic carbocycles. The molecule has 1 aromatic heterocycles. The molecule has 0 aliphatic heterocycles. The monoisotopic (exact) mass is 407 g/mol. The summed E-state index contributed by atoms with van der Waals surface area (Å²) in [5, 5.41) is 2.82. The molecule has 7 nitrogen and oxygen atoms in total. The summed E-state index contributed by atoms with van der Waals surface area (Å²) >= 11 is 0. The van der Waals surface area contributed by atoms with Crippen LogP contribution in [0.4, 0.5) is 14.5 Å². The second kappa shape index (κ2) is 10.7. The Bertz CT molecular complexity index is 825. The molecule has 0 atom stereocenters. The highest BCUT2D eigenvalue weighted by atomic mass is 19.3. The van der Waals surface area contributed by atoms with E-state index >= 15 is 0 Å². The SMILES string of the molecule is CCCN(CC(=O)Nc1ccccc1C)C(=O)CN(C)Cc1nccn1C(F)F. The number of para-hydroxylation sites is 1. The Hall–Kier alpha value is -2.81. The van der Waals surface area contributed by atoms with Gasteiger partial charge in [-0.2, -0.15) is 8.78 Å². The van der Waals surface area contributed by atoms with Crippen LogP contribution in [0.2, 0.25) is 0 Å². The molecule has 2 rings (SSSR count). The van der Waals surface area contributed by atoms with Gasteiger partial charge in [-0.25, -0.2) is 4.98 Å². The van der Waals surface area contributed by atoms with Gasteiger partial charge >= 0.3 is 6.55 Å². The number of alkyl halides is 2. The number of hydrogen-bond donors (Lipinski definition) is 1. The summed E-state index contributed by atoms with van der Waals surface area (Å²) in [6.07, 6.45) is 3.20. The lowest BCUT2D eigenvalue weighted by atomic mass is 10.2. The maximum Gasteiger partial charge on any atom is 0.319 e. The van der Waals surface area contributed by atoms with Gasteiger partial charge in [0.1, 0.15) is 5.82 Å². The first kappa shape index (κ1) is 22.5. The summed E-state index contributed by atoms with van der Waals surface area (Å²) in [7, 11) is 1.65. The van der Waals surface area contributed by atoms with Gasteiger partial charge in [0.15, 0.2) is 0 Å². The lowest BCUT2D eigenvalue weighted by Crippen LogP contribution is -2.43. The van der Waals surface area contributed by atoms with Crippen molar-refractivity contribution in [2.75, 3.05) is 32.0 Å². The third-order valence-electron chi connectivity index (χ3n) is 4.38. The highest BCUT2D eigenvalue weighted by Crippen LogP contribution is 2.14. The molecule has 0 saturated carbocycles. The van der Waals surface area contributed by atoms with Crippen molar-refractivity contribution in [3.8, 4) is 0 Å². The number of anilines is 1. The van der Waals surface area contributed by atoms with Crippen LogP contribution < -0.4 is 5.32 Å². The third kappa shape index (κ3) is 6.63. The minimum atomic E-state index is -2.68. The van der Waals surface area contributed by atoms with Crippen LogP contribution in [0.25, 0.3) is 0 Å². The Balaban J connectivity index is 1.94. The first-order valence-electron chi connectivity index (χ1n) is 9.43. The number of nitrogens with one attached hydrogen (secondary N) is 1. The van der Waals surface area contributed by atoms with Gasteiger partial charge in [-0.05, 0) is 32.0 Å². The number of amides is 2. The lowest BCUT2D eigenvalue weighted by molar-refractivity contribution is -0.135. The van der Waals surface area contributed by atoms with Gasteiger partial charge in [0.2, 0.25) is 11.8 Å². The topological polar surface area (TPSA) is 70.5 Å². The van der Waals surface area contributed by atoms with Gasteiger partial charge in [-0.3, -0.25) is 19.1 Å². The highest BCUT2D eigenvalue weighted by Gasteiger charge is 2.20. The molecule has 1 heterocycles. The number of imidazole rings is 1. The van der Waals surface area contributed by atoms with E-state index in [1.807, 2.05) is 32.0 Å². The van der Waals surface area contributed by atoms with Crippen LogP contribution in [0.1, 0.15) is 31.3 Å². The van der Waals surface area contributed by atoms with Crippen molar-refractivity contribution in [3.63, 3.8) is 0 Å². The Morgan fingerprint density at radius 2 is 1.97 bits per heavy atom. The Kier molecular flexibility index (Phi) is 8.26. The standard InChI is InChI=1S/C20H27F2N5O2/c1-4-10-26(13-18(28)24-16-8-6-5-7-15(16)2)19(29)14-25(3)12-17-23-9-11-27(17)20(21)22/h5-9,11,20H,4,10,12-14H2,1-3H3,(H,24,28). The number of rotatable bonds is 10. The van der Waals surface area contributed by atoms with E-state index in [4.69, 9.17) is 0 Å². The Morgan fingerprint density at radius 3 is 2.62 bits per heavy atom. The molecule has 0 unspecified atom stereocenters. The van der Waals surface area contributed by atoms with Crippen molar-refractivity contribution >= 4 is 17.5 Å². The van der Waals surface area contributed by atoms with Crippen molar-refractivity contribution in [1.82, 2.24) is 19.4 Å². The van der Waals surface area contributed by atoms with E-state index in [1.54, 1.807) is 18.0 Å². The Labute approximate surface area is 169 Å². The average molecular weight is 407 g/mol. The normalized spacial score (nSPS) is 11.1. The molecule has 0 aliphatic rings. The van der Waals surface area contributed by atoms with Gasteiger partial charge in [0.05, 0.1) is 19.6 Å². The maximum atomic E-state index is 12.9. The fourth-order valence-electron chi connectivity index (χ4n) is 2.91. The predicted molar refractivity (Wildman–Crippen MR) is 106 cm³/mol. The molecule has 0 spiro atoms. The van der Waals surface area contributed by atoms with Crippen LogP contribution in [0, 0.1) is 6.92 Å². The molecule has 0 fully saturated rings. The molecular weight excluding hydrogens is 380 g/mol. The van der Waals surface area contributed by atoms with Gasteiger partial charge < -0.3 is 10.2 Å². The zero-order chi connectivity index (χ0) is 21.4. The number of halogens is 2. The lowest BCUT2D eigenvalue weighted by Gasteiger charge is -2.25. The van der Waals surface area contributed by atoms with Gasteiger partial charge in [-0.15, -0.1) is 0 Å². The summed E-state index contributed by atoms with van der Waals surface area (Å²) in [5.41, 5.74) is 1.64. The highest BCUT2D eigenvalue weighted by molar-refractivity contribution is 5.95. The smallest absolute Gasteiger partial charge is 0.319 e. The van der Waals surface area contributed by atoms with Crippen molar-refractivity contribution in [2.24, 2.45) is 0 Å². The molecule has 2 amide bonds. The first-order valence-corrected chi connectivity index (χ1v) is 9.43. The number of aromatic nitrogens is 2. The average Bonchev–Trinajstić information content (AvgIpc) is 3.11. The molecule has 158 valence electrons. The summed E-state index contributed by atoms with van der Waals surface area (Å²) < 4.78 is 26.6. The van der Waals surface area contributed by atoms with Gasteiger partial charge in [0, 0.05) is 24.6 Å². The van der Waals surface area contributed by atoms with E-state index < -0.39 is 6.55 Å². The number of nitrogens with zero attached hydrogens (tertiary/aromatic N) is 4. The summed E-state index contributed by atoms with van der Waals surface area (Å²) in [4.78, 5) is 32.1. The number of carbonyl (C=O) groups is 2. The van der Waals surface area contributed by atoms with Crippen molar-refractivity contribution in [2.45, 2.75) is 33.4 Å². The van der Waals surface area contributed by atoms with Crippen LogP contribution in [-0.4, -0.2) is 57.8 Å².